The highest BCUT2D eigenvalue weighted by Gasteiger charge is 2.04. The van der Waals surface area contributed by atoms with Gasteiger partial charge in [-0.3, -0.25) is 4.79 Å². The highest BCUT2D eigenvalue weighted by atomic mass is 16.5. The summed E-state index contributed by atoms with van der Waals surface area (Å²) in [6, 6.07) is 7.08. The zero-order chi connectivity index (χ0) is 14.6. The van der Waals surface area contributed by atoms with Crippen LogP contribution in [0, 0.1) is 0 Å². The van der Waals surface area contributed by atoms with Crippen molar-refractivity contribution in [1.29, 1.82) is 0 Å². The third-order valence-electron chi connectivity index (χ3n) is 3.28. The van der Waals surface area contributed by atoms with Gasteiger partial charge in [0.25, 0.3) is 0 Å². The summed E-state index contributed by atoms with van der Waals surface area (Å²) in [4.78, 5) is 11.6. The van der Waals surface area contributed by atoms with E-state index >= 15 is 0 Å². The van der Waals surface area contributed by atoms with Crippen LogP contribution in [0.3, 0.4) is 0 Å². The van der Waals surface area contributed by atoms with Crippen LogP contribution >= 0.6 is 0 Å². The fourth-order valence-corrected chi connectivity index (χ4v) is 2.05. The number of methoxy groups -OCH3 is 1. The summed E-state index contributed by atoms with van der Waals surface area (Å²) >= 11 is 0. The molecule has 0 heterocycles. The Morgan fingerprint density at radius 2 is 1.45 bits per heavy atom. The lowest BCUT2D eigenvalue weighted by Crippen LogP contribution is -2.07. The van der Waals surface area contributed by atoms with Gasteiger partial charge < -0.3 is 9.47 Å². The normalized spacial score (nSPS) is 10.3. The minimum Gasteiger partial charge on any atom is -0.497 e. The third-order valence-corrected chi connectivity index (χ3v) is 3.28. The molecule has 3 nitrogen and oxygen atoms in total. The minimum atomic E-state index is -0.149. The summed E-state index contributed by atoms with van der Waals surface area (Å²) in [6.07, 6.45) is 8.93. The van der Waals surface area contributed by atoms with Gasteiger partial charge in [0.05, 0.1) is 7.11 Å². The van der Waals surface area contributed by atoms with Gasteiger partial charge in [-0.1, -0.05) is 45.4 Å². The van der Waals surface area contributed by atoms with E-state index in [0.717, 1.165) is 18.6 Å². The summed E-state index contributed by atoms with van der Waals surface area (Å²) in [6.45, 7) is 2.22. The highest BCUT2D eigenvalue weighted by Crippen LogP contribution is 2.18. The number of benzene rings is 1. The van der Waals surface area contributed by atoms with Crippen molar-refractivity contribution in [1.82, 2.24) is 0 Å². The second kappa shape index (κ2) is 10.3. The van der Waals surface area contributed by atoms with Crippen molar-refractivity contribution in [3.63, 3.8) is 0 Å². The molecule has 112 valence electrons. The van der Waals surface area contributed by atoms with Crippen LogP contribution in [0.25, 0.3) is 0 Å². The molecule has 0 saturated heterocycles. The van der Waals surface area contributed by atoms with Gasteiger partial charge in [0.15, 0.2) is 0 Å². The molecule has 0 unspecified atom stereocenters. The van der Waals surface area contributed by atoms with E-state index in [1.54, 1.807) is 31.4 Å². The second-order valence-corrected chi connectivity index (χ2v) is 5.02. The van der Waals surface area contributed by atoms with Crippen molar-refractivity contribution in [3.05, 3.63) is 24.3 Å². The Morgan fingerprint density at radius 3 is 2.05 bits per heavy atom. The van der Waals surface area contributed by atoms with Crippen LogP contribution in [0.5, 0.6) is 11.5 Å². The number of carbonyl (C=O) groups excluding carboxylic acids is 1. The van der Waals surface area contributed by atoms with E-state index in [1.807, 2.05) is 0 Å². The van der Waals surface area contributed by atoms with Gasteiger partial charge in [-0.15, -0.1) is 0 Å². The lowest BCUT2D eigenvalue weighted by molar-refractivity contribution is -0.134. The summed E-state index contributed by atoms with van der Waals surface area (Å²) < 4.78 is 10.3. The zero-order valence-electron chi connectivity index (χ0n) is 12.7. The van der Waals surface area contributed by atoms with E-state index in [4.69, 9.17) is 9.47 Å². The Bertz CT molecular complexity index is 370. The van der Waals surface area contributed by atoms with E-state index in [2.05, 4.69) is 6.92 Å². The SMILES string of the molecule is CCCCCCCCCC(=O)Oc1ccc(OC)cc1. The van der Waals surface area contributed by atoms with Crippen LogP contribution < -0.4 is 9.47 Å². The van der Waals surface area contributed by atoms with Crippen molar-refractivity contribution in [2.45, 2.75) is 58.3 Å². The number of hydrogen-bond donors (Lipinski definition) is 0. The fraction of sp³-hybridized carbons (Fsp3) is 0.588. The fourth-order valence-electron chi connectivity index (χ4n) is 2.05. The Labute approximate surface area is 122 Å². The molecule has 0 spiro atoms. The van der Waals surface area contributed by atoms with E-state index in [-0.39, 0.29) is 5.97 Å². The van der Waals surface area contributed by atoms with Crippen LogP contribution in [-0.2, 0) is 4.79 Å². The van der Waals surface area contributed by atoms with E-state index in [0.29, 0.717) is 12.2 Å². The van der Waals surface area contributed by atoms with Gasteiger partial charge in [-0.05, 0) is 30.7 Å². The van der Waals surface area contributed by atoms with Crippen molar-refractivity contribution >= 4 is 5.97 Å². The number of rotatable bonds is 10. The molecule has 3 heteroatoms. The second-order valence-electron chi connectivity index (χ2n) is 5.02. The molecule has 0 aliphatic rings. The Morgan fingerprint density at radius 1 is 0.900 bits per heavy atom. The molecule has 0 atom stereocenters. The average molecular weight is 278 g/mol. The maximum atomic E-state index is 11.6. The number of hydrogen-bond acceptors (Lipinski definition) is 3. The van der Waals surface area contributed by atoms with Crippen molar-refractivity contribution < 1.29 is 14.3 Å². The van der Waals surface area contributed by atoms with Gasteiger partial charge in [0.1, 0.15) is 11.5 Å². The molecule has 0 saturated carbocycles. The molecular formula is C17H26O3. The average Bonchev–Trinajstić information content (AvgIpc) is 2.47. The summed E-state index contributed by atoms with van der Waals surface area (Å²) in [5.41, 5.74) is 0. The van der Waals surface area contributed by atoms with E-state index < -0.39 is 0 Å². The molecule has 0 amide bonds. The zero-order valence-corrected chi connectivity index (χ0v) is 12.7. The number of ether oxygens (including phenoxy) is 2. The molecule has 0 bridgehead atoms. The Balaban J connectivity index is 2.10. The third kappa shape index (κ3) is 7.17. The smallest absolute Gasteiger partial charge is 0.311 e. The predicted octanol–water partition coefficient (Wildman–Crippen LogP) is 4.74. The van der Waals surface area contributed by atoms with Crippen molar-refractivity contribution in [2.75, 3.05) is 7.11 Å². The van der Waals surface area contributed by atoms with Gasteiger partial charge >= 0.3 is 5.97 Å². The largest absolute Gasteiger partial charge is 0.497 e. The standard InChI is InChI=1S/C17H26O3/c1-3-4-5-6-7-8-9-10-17(18)20-16-13-11-15(19-2)12-14-16/h11-14H,3-10H2,1-2H3. The van der Waals surface area contributed by atoms with Gasteiger partial charge in [-0.2, -0.15) is 0 Å². The van der Waals surface area contributed by atoms with Gasteiger partial charge in [-0.25, -0.2) is 0 Å². The first kappa shape index (κ1) is 16.5. The topological polar surface area (TPSA) is 35.5 Å². The molecule has 1 aromatic carbocycles. The van der Waals surface area contributed by atoms with Crippen molar-refractivity contribution in [3.8, 4) is 11.5 Å². The molecule has 1 aromatic rings. The van der Waals surface area contributed by atoms with Crippen LogP contribution in [-0.4, -0.2) is 13.1 Å². The van der Waals surface area contributed by atoms with E-state index in [1.165, 1.54) is 32.1 Å². The Hall–Kier alpha value is -1.51. The van der Waals surface area contributed by atoms with Crippen LogP contribution in [0.1, 0.15) is 58.3 Å². The molecule has 0 aliphatic carbocycles. The maximum absolute atomic E-state index is 11.6. The number of unbranched alkanes of at least 4 members (excludes halogenated alkanes) is 6. The summed E-state index contributed by atoms with van der Waals surface area (Å²) in [5.74, 6) is 1.19. The first-order chi connectivity index (χ1) is 9.76. The van der Waals surface area contributed by atoms with Gasteiger partial charge in [0, 0.05) is 6.42 Å². The maximum Gasteiger partial charge on any atom is 0.311 e. The molecule has 0 aliphatic heterocycles. The predicted molar refractivity (Wildman–Crippen MR) is 81.2 cm³/mol. The van der Waals surface area contributed by atoms with Crippen LogP contribution in [0.15, 0.2) is 24.3 Å². The highest BCUT2D eigenvalue weighted by molar-refractivity contribution is 5.72. The van der Waals surface area contributed by atoms with Crippen LogP contribution in [0.4, 0.5) is 0 Å². The molecule has 0 radical (unpaired) electrons. The quantitative estimate of drug-likeness (QED) is 0.352. The number of esters is 1. The van der Waals surface area contributed by atoms with Gasteiger partial charge in [0.2, 0.25) is 0 Å². The Kier molecular flexibility index (Phi) is 8.52. The monoisotopic (exact) mass is 278 g/mol. The first-order valence-electron chi connectivity index (χ1n) is 7.61. The molecule has 0 aromatic heterocycles. The lowest BCUT2D eigenvalue weighted by Gasteiger charge is -2.05. The van der Waals surface area contributed by atoms with E-state index in [9.17, 15) is 4.79 Å². The molecule has 1 rings (SSSR count). The summed E-state index contributed by atoms with van der Waals surface area (Å²) in [5, 5.41) is 0. The minimum absolute atomic E-state index is 0.149. The summed E-state index contributed by atoms with van der Waals surface area (Å²) in [7, 11) is 1.61. The molecule has 0 fully saturated rings. The van der Waals surface area contributed by atoms with Crippen LogP contribution in [0.2, 0.25) is 0 Å². The first-order valence-corrected chi connectivity index (χ1v) is 7.61. The molecule has 20 heavy (non-hydrogen) atoms. The number of carbonyl (C=O) groups is 1. The van der Waals surface area contributed by atoms with Crippen molar-refractivity contribution in [2.24, 2.45) is 0 Å². The molecular weight excluding hydrogens is 252 g/mol. The lowest BCUT2D eigenvalue weighted by atomic mass is 10.1. The molecule has 0 N–H and O–H groups in total.